The number of hydrogen-bond acceptors (Lipinski definition) is 3. The molecular formula is C14H12N2O3. The zero-order valence-electron chi connectivity index (χ0n) is 10.3. The van der Waals surface area contributed by atoms with E-state index >= 15 is 0 Å². The van der Waals surface area contributed by atoms with Crippen LogP contribution in [0, 0.1) is 6.92 Å². The van der Waals surface area contributed by atoms with E-state index in [-0.39, 0.29) is 18.1 Å². The van der Waals surface area contributed by atoms with Crippen molar-refractivity contribution in [2.45, 2.75) is 6.92 Å². The second-order valence-corrected chi connectivity index (χ2v) is 4.44. The highest BCUT2D eigenvalue weighted by molar-refractivity contribution is 5.96. The predicted molar refractivity (Wildman–Crippen MR) is 71.4 cm³/mol. The number of aryl methyl sites for hydroxylation is 1. The Balaban J connectivity index is 2.09. The zero-order valence-corrected chi connectivity index (χ0v) is 10.3. The van der Waals surface area contributed by atoms with Crippen molar-refractivity contribution in [3.8, 4) is 16.9 Å². The number of amides is 1. The SMILES string of the molecule is Cc1cc(=O)[nH]cc1-c1ccc2c(c1)NC(=O)CO2. The normalized spacial score (nSPS) is 13.4. The molecule has 1 aliphatic rings. The third kappa shape index (κ3) is 2.10. The van der Waals surface area contributed by atoms with E-state index in [9.17, 15) is 9.59 Å². The highest BCUT2D eigenvalue weighted by Gasteiger charge is 2.16. The van der Waals surface area contributed by atoms with Gasteiger partial charge in [0, 0.05) is 17.8 Å². The molecule has 1 amide bonds. The quantitative estimate of drug-likeness (QED) is 0.815. The molecule has 0 atom stereocenters. The summed E-state index contributed by atoms with van der Waals surface area (Å²) in [5, 5.41) is 2.77. The number of rotatable bonds is 1. The molecule has 19 heavy (non-hydrogen) atoms. The number of aromatic amines is 1. The first-order valence-corrected chi connectivity index (χ1v) is 5.90. The van der Waals surface area contributed by atoms with Gasteiger partial charge in [-0.3, -0.25) is 9.59 Å². The van der Waals surface area contributed by atoms with Crippen LogP contribution in [-0.4, -0.2) is 17.5 Å². The maximum absolute atomic E-state index is 11.3. The lowest BCUT2D eigenvalue weighted by Gasteiger charge is -2.18. The van der Waals surface area contributed by atoms with Crippen LogP contribution in [-0.2, 0) is 4.79 Å². The van der Waals surface area contributed by atoms with Crippen LogP contribution in [0.1, 0.15) is 5.56 Å². The van der Waals surface area contributed by atoms with Crippen LogP contribution in [0.25, 0.3) is 11.1 Å². The summed E-state index contributed by atoms with van der Waals surface area (Å²) in [5.41, 5.74) is 3.24. The van der Waals surface area contributed by atoms with Crippen molar-refractivity contribution in [3.63, 3.8) is 0 Å². The summed E-state index contributed by atoms with van der Waals surface area (Å²) in [6, 6.07) is 7.10. The van der Waals surface area contributed by atoms with E-state index in [0.717, 1.165) is 16.7 Å². The number of pyridine rings is 1. The molecule has 0 radical (unpaired) electrons. The Hall–Kier alpha value is -2.56. The molecule has 5 nitrogen and oxygen atoms in total. The summed E-state index contributed by atoms with van der Waals surface area (Å²) in [5.74, 6) is 0.494. The number of carbonyl (C=O) groups excluding carboxylic acids is 1. The highest BCUT2D eigenvalue weighted by Crippen LogP contribution is 2.33. The van der Waals surface area contributed by atoms with Crippen molar-refractivity contribution >= 4 is 11.6 Å². The van der Waals surface area contributed by atoms with Crippen molar-refractivity contribution in [1.82, 2.24) is 4.98 Å². The van der Waals surface area contributed by atoms with Crippen LogP contribution in [0.3, 0.4) is 0 Å². The number of anilines is 1. The average Bonchev–Trinajstić information content (AvgIpc) is 2.38. The van der Waals surface area contributed by atoms with Gasteiger partial charge in [-0.15, -0.1) is 0 Å². The fraction of sp³-hybridized carbons (Fsp3) is 0.143. The van der Waals surface area contributed by atoms with Crippen LogP contribution in [0.2, 0.25) is 0 Å². The van der Waals surface area contributed by atoms with Gasteiger partial charge in [0.1, 0.15) is 5.75 Å². The molecule has 2 N–H and O–H groups in total. The predicted octanol–water partition coefficient (Wildman–Crippen LogP) is 1.68. The minimum Gasteiger partial charge on any atom is -0.482 e. The number of fused-ring (bicyclic) bond motifs is 1. The molecule has 0 bridgehead atoms. The minimum atomic E-state index is -0.164. The van der Waals surface area contributed by atoms with E-state index in [4.69, 9.17) is 4.74 Å². The summed E-state index contributed by atoms with van der Waals surface area (Å²) < 4.78 is 5.31. The number of benzene rings is 1. The van der Waals surface area contributed by atoms with E-state index in [1.165, 1.54) is 0 Å². The van der Waals surface area contributed by atoms with Crippen LogP contribution >= 0.6 is 0 Å². The van der Waals surface area contributed by atoms with Crippen LogP contribution in [0.15, 0.2) is 35.3 Å². The van der Waals surface area contributed by atoms with Crippen molar-refractivity contribution in [2.75, 3.05) is 11.9 Å². The molecular weight excluding hydrogens is 244 g/mol. The fourth-order valence-electron chi connectivity index (χ4n) is 2.13. The Kier molecular flexibility index (Phi) is 2.59. The first kappa shape index (κ1) is 11.5. The largest absolute Gasteiger partial charge is 0.482 e. The van der Waals surface area contributed by atoms with E-state index in [2.05, 4.69) is 10.3 Å². The van der Waals surface area contributed by atoms with Gasteiger partial charge in [0.15, 0.2) is 6.61 Å². The Labute approximate surface area is 109 Å². The van der Waals surface area contributed by atoms with E-state index in [1.54, 1.807) is 12.3 Å². The summed E-state index contributed by atoms with van der Waals surface area (Å²) >= 11 is 0. The molecule has 2 aromatic rings. The van der Waals surface area contributed by atoms with E-state index < -0.39 is 0 Å². The number of H-pyrrole nitrogens is 1. The molecule has 0 fully saturated rings. The van der Waals surface area contributed by atoms with Gasteiger partial charge in [-0.25, -0.2) is 0 Å². The Bertz CT molecular complexity index is 719. The maximum Gasteiger partial charge on any atom is 0.262 e. The average molecular weight is 256 g/mol. The molecule has 1 aromatic heterocycles. The Morgan fingerprint density at radius 1 is 1.21 bits per heavy atom. The van der Waals surface area contributed by atoms with Crippen molar-refractivity contribution in [1.29, 1.82) is 0 Å². The lowest BCUT2D eigenvalue weighted by Crippen LogP contribution is -2.25. The third-order valence-electron chi connectivity index (χ3n) is 3.05. The molecule has 2 heterocycles. The first-order chi connectivity index (χ1) is 9.13. The summed E-state index contributed by atoms with van der Waals surface area (Å²) in [7, 11) is 0. The fourth-order valence-corrected chi connectivity index (χ4v) is 2.13. The summed E-state index contributed by atoms with van der Waals surface area (Å²) in [6.45, 7) is 1.92. The lowest BCUT2D eigenvalue weighted by molar-refractivity contribution is -0.118. The van der Waals surface area contributed by atoms with Crippen LogP contribution < -0.4 is 15.6 Å². The Morgan fingerprint density at radius 3 is 2.84 bits per heavy atom. The van der Waals surface area contributed by atoms with Gasteiger partial charge >= 0.3 is 0 Å². The molecule has 1 aliphatic heterocycles. The molecule has 96 valence electrons. The molecule has 0 spiro atoms. The van der Waals surface area contributed by atoms with Crippen molar-refractivity contribution in [2.24, 2.45) is 0 Å². The summed E-state index contributed by atoms with van der Waals surface area (Å²) in [6.07, 6.45) is 1.67. The number of hydrogen-bond donors (Lipinski definition) is 2. The zero-order chi connectivity index (χ0) is 13.4. The standard InChI is InChI=1S/C14H12N2O3/c1-8-4-13(17)15-6-10(8)9-2-3-12-11(5-9)16-14(18)7-19-12/h2-6H,7H2,1H3,(H,15,17)(H,16,18). The smallest absolute Gasteiger partial charge is 0.262 e. The maximum atomic E-state index is 11.3. The van der Waals surface area contributed by atoms with Gasteiger partial charge in [0.05, 0.1) is 5.69 Å². The molecule has 0 unspecified atom stereocenters. The number of aromatic nitrogens is 1. The van der Waals surface area contributed by atoms with Gasteiger partial charge in [-0.05, 0) is 30.2 Å². The molecule has 3 rings (SSSR count). The molecule has 1 aromatic carbocycles. The molecule has 0 saturated carbocycles. The van der Waals surface area contributed by atoms with Crippen molar-refractivity contribution < 1.29 is 9.53 Å². The van der Waals surface area contributed by atoms with Crippen LogP contribution in [0.4, 0.5) is 5.69 Å². The second-order valence-electron chi connectivity index (χ2n) is 4.44. The van der Waals surface area contributed by atoms with Gasteiger partial charge in [0.2, 0.25) is 5.56 Å². The highest BCUT2D eigenvalue weighted by atomic mass is 16.5. The minimum absolute atomic E-state index is 0.0457. The molecule has 0 saturated heterocycles. The van der Waals surface area contributed by atoms with Gasteiger partial charge < -0.3 is 15.0 Å². The summed E-state index contributed by atoms with van der Waals surface area (Å²) in [4.78, 5) is 25.2. The molecule has 0 aliphatic carbocycles. The first-order valence-electron chi connectivity index (χ1n) is 5.90. The second kappa shape index (κ2) is 4.28. The number of carbonyl (C=O) groups is 1. The number of ether oxygens (including phenoxy) is 1. The van der Waals surface area contributed by atoms with Crippen molar-refractivity contribution in [3.05, 3.63) is 46.4 Å². The van der Waals surface area contributed by atoms with Crippen LogP contribution in [0.5, 0.6) is 5.75 Å². The van der Waals surface area contributed by atoms with Gasteiger partial charge in [-0.1, -0.05) is 6.07 Å². The Morgan fingerprint density at radius 2 is 2.05 bits per heavy atom. The van der Waals surface area contributed by atoms with E-state index in [0.29, 0.717) is 11.4 Å². The monoisotopic (exact) mass is 256 g/mol. The molecule has 5 heteroatoms. The topological polar surface area (TPSA) is 71.2 Å². The lowest BCUT2D eigenvalue weighted by atomic mass is 10.0. The number of nitrogens with one attached hydrogen (secondary N) is 2. The van der Waals surface area contributed by atoms with E-state index in [1.807, 2.05) is 25.1 Å². The van der Waals surface area contributed by atoms with Gasteiger partial charge in [0.25, 0.3) is 5.91 Å². The van der Waals surface area contributed by atoms with Gasteiger partial charge in [-0.2, -0.15) is 0 Å². The third-order valence-corrected chi connectivity index (χ3v) is 3.05.